The highest BCUT2D eigenvalue weighted by Gasteiger charge is 2.18. The summed E-state index contributed by atoms with van der Waals surface area (Å²) in [5, 5.41) is 0. The van der Waals surface area contributed by atoms with Crippen LogP contribution in [-0.4, -0.2) is 10.6 Å². The van der Waals surface area contributed by atoms with Crippen LogP contribution in [0.15, 0.2) is 18.2 Å². The predicted molar refractivity (Wildman–Crippen MR) is 67.4 cm³/mol. The second-order valence-corrected chi connectivity index (χ2v) is 5.42. The molecule has 0 saturated carbocycles. The first-order chi connectivity index (χ1) is 7.41. The van der Waals surface area contributed by atoms with Crippen molar-refractivity contribution in [2.45, 2.75) is 32.0 Å². The zero-order valence-electron chi connectivity index (χ0n) is 9.76. The number of hydrogen-bond acceptors (Lipinski definition) is 1. The molecule has 16 heavy (non-hydrogen) atoms. The lowest BCUT2D eigenvalue weighted by Crippen LogP contribution is -2.21. The number of alkyl halides is 1. The first-order valence-electron chi connectivity index (χ1n) is 5.34. The van der Waals surface area contributed by atoms with Crippen molar-refractivity contribution >= 4 is 21.7 Å². The highest BCUT2D eigenvalue weighted by molar-refractivity contribution is 9.10. The molecule has 0 heterocycles. The Morgan fingerprint density at radius 3 is 2.56 bits per heavy atom. The molecule has 0 fully saturated rings. The largest absolute Gasteiger partial charge is 0.298 e. The summed E-state index contributed by atoms with van der Waals surface area (Å²) >= 11 is 3.35. The van der Waals surface area contributed by atoms with Gasteiger partial charge in [-0.25, -0.2) is 4.39 Å². The third-order valence-electron chi connectivity index (χ3n) is 2.53. The van der Waals surface area contributed by atoms with Crippen LogP contribution in [0.25, 0.3) is 0 Å². The Hall–Kier alpha value is -0.700. The van der Waals surface area contributed by atoms with E-state index < -0.39 is 0 Å². The van der Waals surface area contributed by atoms with Crippen LogP contribution in [0.4, 0.5) is 4.39 Å². The van der Waals surface area contributed by atoms with Gasteiger partial charge in [-0.2, -0.15) is 0 Å². The number of hydrogen-bond donors (Lipinski definition) is 0. The van der Waals surface area contributed by atoms with Crippen LogP contribution in [0.1, 0.15) is 25.0 Å². The van der Waals surface area contributed by atoms with Gasteiger partial charge in [-0.3, -0.25) is 4.79 Å². The first-order valence-corrected chi connectivity index (χ1v) is 6.26. The molecular weight excluding hydrogens is 271 g/mol. The van der Waals surface area contributed by atoms with Crippen LogP contribution < -0.4 is 0 Å². The fourth-order valence-corrected chi connectivity index (χ4v) is 2.34. The van der Waals surface area contributed by atoms with Crippen molar-refractivity contribution in [1.82, 2.24) is 0 Å². The molecule has 0 bridgehead atoms. The summed E-state index contributed by atoms with van der Waals surface area (Å²) in [6, 6.07) is 5.10. The van der Waals surface area contributed by atoms with E-state index in [0.29, 0.717) is 12.0 Å². The molecule has 0 saturated heterocycles. The van der Waals surface area contributed by atoms with E-state index in [4.69, 9.17) is 0 Å². The van der Waals surface area contributed by atoms with E-state index in [0.717, 1.165) is 5.56 Å². The van der Waals surface area contributed by atoms with Gasteiger partial charge in [0.25, 0.3) is 0 Å². The lowest BCUT2D eigenvalue weighted by Gasteiger charge is -2.11. The third-order valence-corrected chi connectivity index (χ3v) is 3.30. The molecule has 1 rings (SSSR count). The van der Waals surface area contributed by atoms with Gasteiger partial charge in [-0.1, -0.05) is 41.9 Å². The van der Waals surface area contributed by atoms with Gasteiger partial charge in [0.1, 0.15) is 11.6 Å². The van der Waals surface area contributed by atoms with Gasteiger partial charge in [0.2, 0.25) is 0 Å². The summed E-state index contributed by atoms with van der Waals surface area (Å²) in [5.74, 6) is -0.0603. The molecule has 0 aliphatic carbocycles. The number of halogens is 2. The van der Waals surface area contributed by atoms with E-state index >= 15 is 0 Å². The summed E-state index contributed by atoms with van der Waals surface area (Å²) < 4.78 is 13.3. The van der Waals surface area contributed by atoms with E-state index in [2.05, 4.69) is 15.9 Å². The van der Waals surface area contributed by atoms with Gasteiger partial charge in [-0.15, -0.1) is 0 Å². The molecular formula is C13H16BrFO. The molecule has 1 aromatic rings. The second-order valence-electron chi connectivity index (χ2n) is 4.31. The lowest BCUT2D eigenvalue weighted by atomic mass is 10.0. The summed E-state index contributed by atoms with van der Waals surface area (Å²) in [6.45, 7) is 5.46. The molecule has 1 unspecified atom stereocenters. The molecule has 0 aliphatic rings. The van der Waals surface area contributed by atoms with Crippen LogP contribution in [0.5, 0.6) is 0 Å². The van der Waals surface area contributed by atoms with Gasteiger partial charge in [0.15, 0.2) is 0 Å². The van der Waals surface area contributed by atoms with Crippen molar-refractivity contribution in [3.63, 3.8) is 0 Å². The minimum Gasteiger partial charge on any atom is -0.298 e. The zero-order chi connectivity index (χ0) is 12.3. The Bertz CT molecular complexity index is 388. The SMILES string of the molecule is Cc1ccc(CC(Br)C(=O)C(C)C)cc1F. The maximum atomic E-state index is 13.3. The van der Waals surface area contributed by atoms with Gasteiger partial charge < -0.3 is 0 Å². The topological polar surface area (TPSA) is 17.1 Å². The molecule has 0 N–H and O–H groups in total. The summed E-state index contributed by atoms with van der Waals surface area (Å²) in [4.78, 5) is 11.4. The molecule has 0 aliphatic heterocycles. The van der Waals surface area contributed by atoms with Gasteiger partial charge in [0, 0.05) is 5.92 Å². The average molecular weight is 287 g/mol. The fourth-order valence-electron chi connectivity index (χ4n) is 1.43. The number of ketones is 1. The average Bonchev–Trinajstić information content (AvgIpc) is 2.22. The van der Waals surface area contributed by atoms with Gasteiger partial charge in [0.05, 0.1) is 4.83 Å². The van der Waals surface area contributed by atoms with E-state index in [-0.39, 0.29) is 22.3 Å². The van der Waals surface area contributed by atoms with Crippen molar-refractivity contribution in [2.75, 3.05) is 0 Å². The first kappa shape index (κ1) is 13.4. The van der Waals surface area contributed by atoms with Crippen LogP contribution in [0, 0.1) is 18.7 Å². The van der Waals surface area contributed by atoms with E-state index in [9.17, 15) is 9.18 Å². The van der Waals surface area contributed by atoms with E-state index in [1.165, 1.54) is 6.07 Å². The highest BCUT2D eigenvalue weighted by atomic mass is 79.9. The molecule has 0 amide bonds. The quantitative estimate of drug-likeness (QED) is 0.772. The minimum absolute atomic E-state index is 0.000305. The number of rotatable bonds is 4. The number of carbonyl (C=O) groups is 1. The van der Waals surface area contributed by atoms with Crippen molar-refractivity contribution in [3.05, 3.63) is 35.1 Å². The molecule has 0 aromatic heterocycles. The molecule has 1 nitrogen and oxygen atoms in total. The van der Waals surface area contributed by atoms with Crippen LogP contribution in [0.3, 0.4) is 0 Å². The number of carbonyl (C=O) groups excluding carboxylic acids is 1. The van der Waals surface area contributed by atoms with Crippen LogP contribution in [0.2, 0.25) is 0 Å². The normalized spacial score (nSPS) is 12.9. The smallest absolute Gasteiger partial charge is 0.149 e. The standard InChI is InChI=1S/C13H16BrFO/c1-8(2)13(16)11(14)6-10-5-4-9(3)12(15)7-10/h4-5,7-8,11H,6H2,1-3H3. The summed E-state index contributed by atoms with van der Waals surface area (Å²) in [5.41, 5.74) is 1.48. The van der Waals surface area contributed by atoms with Gasteiger partial charge in [-0.05, 0) is 30.5 Å². The summed E-state index contributed by atoms with van der Waals surface area (Å²) in [6.07, 6.45) is 0.536. The minimum atomic E-state index is -0.227. The summed E-state index contributed by atoms with van der Waals surface area (Å²) in [7, 11) is 0. The number of aryl methyl sites for hydroxylation is 1. The van der Waals surface area contributed by atoms with Crippen LogP contribution >= 0.6 is 15.9 Å². The lowest BCUT2D eigenvalue weighted by molar-refractivity contribution is -0.121. The Morgan fingerprint density at radius 1 is 1.44 bits per heavy atom. The predicted octanol–water partition coefficient (Wildman–Crippen LogP) is 3.67. The molecule has 0 radical (unpaired) electrons. The van der Waals surface area contributed by atoms with E-state index in [1.807, 2.05) is 19.9 Å². The van der Waals surface area contributed by atoms with Crippen molar-refractivity contribution in [1.29, 1.82) is 0 Å². The monoisotopic (exact) mass is 286 g/mol. The molecule has 1 atom stereocenters. The second kappa shape index (κ2) is 5.58. The maximum absolute atomic E-state index is 13.3. The number of benzene rings is 1. The van der Waals surface area contributed by atoms with Crippen LogP contribution in [-0.2, 0) is 11.2 Å². The Labute approximate surface area is 104 Å². The fraction of sp³-hybridized carbons (Fsp3) is 0.462. The van der Waals surface area contributed by atoms with Gasteiger partial charge >= 0.3 is 0 Å². The Balaban J connectivity index is 2.73. The third kappa shape index (κ3) is 3.41. The zero-order valence-corrected chi connectivity index (χ0v) is 11.3. The van der Waals surface area contributed by atoms with Crippen molar-refractivity contribution in [3.8, 4) is 0 Å². The van der Waals surface area contributed by atoms with Crippen molar-refractivity contribution in [2.24, 2.45) is 5.92 Å². The number of Topliss-reactive ketones (excluding diaryl/α,β-unsaturated/α-hetero) is 1. The molecule has 0 spiro atoms. The maximum Gasteiger partial charge on any atom is 0.149 e. The van der Waals surface area contributed by atoms with Crippen molar-refractivity contribution < 1.29 is 9.18 Å². The Kier molecular flexibility index (Phi) is 4.66. The Morgan fingerprint density at radius 2 is 2.06 bits per heavy atom. The molecule has 3 heteroatoms. The molecule has 88 valence electrons. The highest BCUT2D eigenvalue weighted by Crippen LogP contribution is 2.17. The van der Waals surface area contributed by atoms with E-state index in [1.54, 1.807) is 13.0 Å². The molecule has 1 aromatic carbocycles.